The predicted molar refractivity (Wildman–Crippen MR) is 79.9 cm³/mol. The van der Waals surface area contributed by atoms with Crippen molar-refractivity contribution in [1.82, 2.24) is 4.90 Å². The Morgan fingerprint density at radius 3 is 2.82 bits per heavy atom. The standard InChI is InChI=1S/C12H14BrIN2O/c1-7-5-16(6-11(7)15)12(17)9-4-8(13)2-3-10(9)14/h2-4,7,11H,5-6,15H2,1H3. The Kier molecular flexibility index (Phi) is 4.10. The van der Waals surface area contributed by atoms with Crippen LogP contribution in [0, 0.1) is 9.49 Å². The van der Waals surface area contributed by atoms with Gasteiger partial charge in [0.2, 0.25) is 0 Å². The second kappa shape index (κ2) is 5.24. The fourth-order valence-electron chi connectivity index (χ4n) is 1.99. The van der Waals surface area contributed by atoms with Crippen molar-refractivity contribution in [3.05, 3.63) is 31.8 Å². The number of nitrogens with zero attached hydrogens (tertiary/aromatic N) is 1. The number of benzene rings is 1. The second-order valence-electron chi connectivity index (χ2n) is 4.48. The van der Waals surface area contributed by atoms with E-state index < -0.39 is 0 Å². The molecule has 0 aliphatic carbocycles. The van der Waals surface area contributed by atoms with Crippen LogP contribution >= 0.6 is 38.5 Å². The van der Waals surface area contributed by atoms with Crippen LogP contribution in [0.1, 0.15) is 17.3 Å². The minimum atomic E-state index is 0.0792. The molecule has 2 rings (SSSR count). The lowest BCUT2D eigenvalue weighted by Crippen LogP contribution is -2.32. The smallest absolute Gasteiger partial charge is 0.255 e. The number of halogens is 2. The molecule has 1 amide bonds. The van der Waals surface area contributed by atoms with Crippen LogP contribution in [-0.2, 0) is 0 Å². The summed E-state index contributed by atoms with van der Waals surface area (Å²) in [6.45, 7) is 3.50. The van der Waals surface area contributed by atoms with Crippen molar-refractivity contribution in [3.8, 4) is 0 Å². The van der Waals surface area contributed by atoms with Crippen LogP contribution in [0.5, 0.6) is 0 Å². The summed E-state index contributed by atoms with van der Waals surface area (Å²) in [4.78, 5) is 14.2. The number of carbonyl (C=O) groups excluding carboxylic acids is 1. The van der Waals surface area contributed by atoms with E-state index in [1.165, 1.54) is 0 Å². The molecule has 1 aliphatic heterocycles. The van der Waals surface area contributed by atoms with Gasteiger partial charge in [-0.05, 0) is 46.7 Å². The highest BCUT2D eigenvalue weighted by molar-refractivity contribution is 14.1. The first-order valence-electron chi connectivity index (χ1n) is 5.49. The van der Waals surface area contributed by atoms with E-state index in [1.54, 1.807) is 0 Å². The molecule has 3 nitrogen and oxygen atoms in total. The number of hydrogen-bond donors (Lipinski definition) is 1. The normalized spacial score (nSPS) is 24.1. The van der Waals surface area contributed by atoms with Crippen molar-refractivity contribution in [2.75, 3.05) is 13.1 Å². The van der Waals surface area contributed by atoms with Crippen molar-refractivity contribution in [1.29, 1.82) is 0 Å². The summed E-state index contributed by atoms with van der Waals surface area (Å²) < 4.78 is 1.90. The fraction of sp³-hybridized carbons (Fsp3) is 0.417. The summed E-state index contributed by atoms with van der Waals surface area (Å²) in [5.41, 5.74) is 6.70. The molecule has 2 N–H and O–H groups in total. The molecule has 1 heterocycles. The molecule has 0 spiro atoms. The van der Waals surface area contributed by atoms with Gasteiger partial charge in [0.15, 0.2) is 0 Å². The second-order valence-corrected chi connectivity index (χ2v) is 6.55. The van der Waals surface area contributed by atoms with Gasteiger partial charge in [0, 0.05) is 27.2 Å². The molecular formula is C12H14BrIN2O. The highest BCUT2D eigenvalue weighted by atomic mass is 127. The van der Waals surface area contributed by atoms with E-state index in [-0.39, 0.29) is 11.9 Å². The largest absolute Gasteiger partial charge is 0.337 e. The Balaban J connectivity index is 2.23. The van der Waals surface area contributed by atoms with Crippen LogP contribution in [-0.4, -0.2) is 29.9 Å². The van der Waals surface area contributed by atoms with Gasteiger partial charge >= 0.3 is 0 Å². The first-order valence-corrected chi connectivity index (χ1v) is 7.36. The lowest BCUT2D eigenvalue weighted by atomic mass is 10.1. The molecule has 1 fully saturated rings. The highest BCUT2D eigenvalue weighted by Crippen LogP contribution is 2.23. The first kappa shape index (κ1) is 13.3. The van der Waals surface area contributed by atoms with Gasteiger partial charge in [-0.3, -0.25) is 4.79 Å². The molecule has 17 heavy (non-hydrogen) atoms. The minimum Gasteiger partial charge on any atom is -0.337 e. The Bertz CT molecular complexity index is 442. The third-order valence-electron chi connectivity index (χ3n) is 3.12. The van der Waals surface area contributed by atoms with E-state index in [9.17, 15) is 4.79 Å². The third kappa shape index (κ3) is 2.82. The molecule has 0 aromatic heterocycles. The molecule has 0 saturated carbocycles. The Labute approximate surface area is 123 Å². The van der Waals surface area contributed by atoms with Crippen LogP contribution in [0.3, 0.4) is 0 Å². The van der Waals surface area contributed by atoms with Crippen LogP contribution in [0.15, 0.2) is 22.7 Å². The van der Waals surface area contributed by atoms with Crippen molar-refractivity contribution >= 4 is 44.4 Å². The topological polar surface area (TPSA) is 46.3 Å². The molecule has 1 aliphatic rings. The monoisotopic (exact) mass is 408 g/mol. The maximum Gasteiger partial charge on any atom is 0.255 e. The van der Waals surface area contributed by atoms with Crippen LogP contribution < -0.4 is 5.73 Å². The Morgan fingerprint density at radius 1 is 1.53 bits per heavy atom. The Morgan fingerprint density at radius 2 is 2.24 bits per heavy atom. The maximum atomic E-state index is 12.4. The third-order valence-corrected chi connectivity index (χ3v) is 4.55. The lowest BCUT2D eigenvalue weighted by molar-refractivity contribution is 0.0785. The number of amides is 1. The van der Waals surface area contributed by atoms with Gasteiger partial charge in [-0.15, -0.1) is 0 Å². The van der Waals surface area contributed by atoms with Crippen LogP contribution in [0.2, 0.25) is 0 Å². The number of carbonyl (C=O) groups is 1. The summed E-state index contributed by atoms with van der Waals surface area (Å²) in [5.74, 6) is 0.458. The van der Waals surface area contributed by atoms with E-state index in [0.29, 0.717) is 12.5 Å². The molecule has 2 unspecified atom stereocenters. The molecule has 2 atom stereocenters. The molecule has 0 radical (unpaired) electrons. The highest BCUT2D eigenvalue weighted by Gasteiger charge is 2.31. The van der Waals surface area contributed by atoms with Crippen LogP contribution in [0.25, 0.3) is 0 Å². The first-order chi connectivity index (χ1) is 7.99. The molecule has 1 saturated heterocycles. The summed E-state index contributed by atoms with van der Waals surface area (Å²) in [6.07, 6.45) is 0. The van der Waals surface area contributed by atoms with E-state index in [4.69, 9.17) is 5.73 Å². The number of hydrogen-bond acceptors (Lipinski definition) is 2. The Hall–Kier alpha value is -0.140. The molecular weight excluding hydrogens is 395 g/mol. The van der Waals surface area contributed by atoms with Gasteiger partial charge in [-0.1, -0.05) is 22.9 Å². The summed E-state index contributed by atoms with van der Waals surface area (Å²) in [5, 5.41) is 0. The van der Waals surface area contributed by atoms with E-state index in [1.807, 2.05) is 23.1 Å². The summed E-state index contributed by atoms with van der Waals surface area (Å²) >= 11 is 5.59. The number of rotatable bonds is 1. The maximum absolute atomic E-state index is 12.4. The van der Waals surface area contributed by atoms with Gasteiger partial charge < -0.3 is 10.6 Å². The zero-order valence-electron chi connectivity index (χ0n) is 9.49. The molecule has 1 aromatic carbocycles. The van der Waals surface area contributed by atoms with Crippen molar-refractivity contribution < 1.29 is 4.79 Å². The van der Waals surface area contributed by atoms with Crippen molar-refractivity contribution in [2.24, 2.45) is 11.7 Å². The molecule has 0 bridgehead atoms. The van der Waals surface area contributed by atoms with Crippen molar-refractivity contribution in [2.45, 2.75) is 13.0 Å². The SMILES string of the molecule is CC1CN(C(=O)c2cc(Br)ccc2I)CC1N. The van der Waals surface area contributed by atoms with Gasteiger partial charge in [0.05, 0.1) is 5.56 Å². The molecule has 92 valence electrons. The van der Waals surface area contributed by atoms with Gasteiger partial charge in [0.25, 0.3) is 5.91 Å². The van der Waals surface area contributed by atoms with E-state index >= 15 is 0 Å². The van der Waals surface area contributed by atoms with E-state index in [0.717, 1.165) is 20.2 Å². The molecule has 5 heteroatoms. The van der Waals surface area contributed by atoms with E-state index in [2.05, 4.69) is 45.4 Å². The lowest BCUT2D eigenvalue weighted by Gasteiger charge is -2.17. The zero-order chi connectivity index (χ0) is 12.6. The number of likely N-dealkylation sites (tertiary alicyclic amines) is 1. The zero-order valence-corrected chi connectivity index (χ0v) is 13.2. The van der Waals surface area contributed by atoms with Gasteiger partial charge in [-0.25, -0.2) is 0 Å². The minimum absolute atomic E-state index is 0.0792. The van der Waals surface area contributed by atoms with Gasteiger partial charge in [-0.2, -0.15) is 0 Å². The average molecular weight is 409 g/mol. The summed E-state index contributed by atoms with van der Waals surface area (Å²) in [6, 6.07) is 5.86. The van der Waals surface area contributed by atoms with Crippen LogP contribution in [0.4, 0.5) is 0 Å². The summed E-state index contributed by atoms with van der Waals surface area (Å²) in [7, 11) is 0. The van der Waals surface area contributed by atoms with Gasteiger partial charge in [0.1, 0.15) is 0 Å². The average Bonchev–Trinajstić information content (AvgIpc) is 2.62. The predicted octanol–water partition coefficient (Wildman–Crippen LogP) is 2.47. The van der Waals surface area contributed by atoms with Crippen molar-refractivity contribution in [3.63, 3.8) is 0 Å². The fourth-order valence-corrected chi connectivity index (χ4v) is 2.92. The molecule has 1 aromatic rings. The quantitative estimate of drug-likeness (QED) is 0.725. The number of nitrogens with two attached hydrogens (primary N) is 1.